The Balaban J connectivity index is 1.95. The predicted octanol–water partition coefficient (Wildman–Crippen LogP) is 2.49. The van der Waals surface area contributed by atoms with Gasteiger partial charge in [-0.05, 0) is 42.3 Å². The van der Waals surface area contributed by atoms with Crippen LogP contribution in [0.1, 0.15) is 21.5 Å². The van der Waals surface area contributed by atoms with Crippen molar-refractivity contribution in [2.45, 2.75) is 13.5 Å². The van der Waals surface area contributed by atoms with Crippen molar-refractivity contribution in [3.8, 4) is 11.5 Å². The minimum absolute atomic E-state index is 0.0218. The summed E-state index contributed by atoms with van der Waals surface area (Å²) in [5, 5.41) is 2.49. The third kappa shape index (κ3) is 5.24. The lowest BCUT2D eigenvalue weighted by molar-refractivity contribution is -0.122. The van der Waals surface area contributed by atoms with Gasteiger partial charge in [0.1, 0.15) is 18.1 Å². The lowest BCUT2D eigenvalue weighted by Crippen LogP contribution is -2.24. The highest BCUT2D eigenvalue weighted by Crippen LogP contribution is 2.20. The topological polar surface area (TPSA) is 73.9 Å². The van der Waals surface area contributed by atoms with Crippen molar-refractivity contribution < 1.29 is 23.8 Å². The van der Waals surface area contributed by atoms with Gasteiger partial charge in [0.25, 0.3) is 5.91 Å². The van der Waals surface area contributed by atoms with Crippen molar-refractivity contribution >= 4 is 11.9 Å². The van der Waals surface area contributed by atoms with Gasteiger partial charge < -0.3 is 19.5 Å². The molecule has 6 nitrogen and oxygen atoms in total. The first-order chi connectivity index (χ1) is 12.0. The number of carbonyl (C=O) groups is 2. The summed E-state index contributed by atoms with van der Waals surface area (Å²) < 4.78 is 15.8. The third-order valence-corrected chi connectivity index (χ3v) is 3.59. The van der Waals surface area contributed by atoms with Crippen LogP contribution >= 0.6 is 0 Å². The number of carbonyl (C=O) groups excluding carboxylic acids is 2. The molecule has 0 radical (unpaired) electrons. The largest absolute Gasteiger partial charge is 0.489 e. The van der Waals surface area contributed by atoms with Crippen molar-refractivity contribution in [2.75, 3.05) is 20.8 Å². The van der Waals surface area contributed by atoms with Gasteiger partial charge in [-0.1, -0.05) is 18.2 Å². The number of hydrogen-bond donors (Lipinski definition) is 1. The maximum Gasteiger partial charge on any atom is 0.338 e. The number of ether oxygens (including phenoxy) is 3. The van der Waals surface area contributed by atoms with Gasteiger partial charge in [0.15, 0.2) is 6.61 Å². The normalized spacial score (nSPS) is 10.0. The third-order valence-electron chi connectivity index (χ3n) is 3.59. The van der Waals surface area contributed by atoms with Crippen LogP contribution in [0.4, 0.5) is 0 Å². The lowest BCUT2D eigenvalue weighted by atomic mass is 10.1. The first-order valence-corrected chi connectivity index (χ1v) is 7.77. The van der Waals surface area contributed by atoms with Gasteiger partial charge in [0, 0.05) is 7.05 Å². The molecule has 0 bridgehead atoms. The number of amides is 1. The van der Waals surface area contributed by atoms with Crippen LogP contribution in [0.2, 0.25) is 0 Å². The molecule has 0 unspecified atom stereocenters. The van der Waals surface area contributed by atoms with Crippen molar-refractivity contribution in [3.05, 3.63) is 59.2 Å². The molecule has 0 spiro atoms. The fourth-order valence-electron chi connectivity index (χ4n) is 2.09. The van der Waals surface area contributed by atoms with Crippen molar-refractivity contribution in [1.82, 2.24) is 5.32 Å². The van der Waals surface area contributed by atoms with Crippen molar-refractivity contribution in [2.24, 2.45) is 0 Å². The quantitative estimate of drug-likeness (QED) is 0.782. The van der Waals surface area contributed by atoms with Gasteiger partial charge in [0.05, 0.1) is 12.7 Å². The van der Waals surface area contributed by atoms with Crippen LogP contribution < -0.4 is 14.8 Å². The molecule has 2 rings (SSSR count). The number of esters is 1. The Morgan fingerprint density at radius 2 is 1.68 bits per heavy atom. The van der Waals surface area contributed by atoms with Gasteiger partial charge in [-0.3, -0.25) is 4.79 Å². The monoisotopic (exact) mass is 343 g/mol. The second-order valence-electron chi connectivity index (χ2n) is 5.36. The number of rotatable bonds is 7. The summed E-state index contributed by atoms with van der Waals surface area (Å²) in [6.07, 6.45) is 0. The molecule has 0 saturated heterocycles. The van der Waals surface area contributed by atoms with Crippen LogP contribution in [0.15, 0.2) is 42.5 Å². The van der Waals surface area contributed by atoms with Gasteiger partial charge in [-0.25, -0.2) is 4.79 Å². The second kappa shape index (κ2) is 8.73. The van der Waals surface area contributed by atoms with Gasteiger partial charge >= 0.3 is 5.97 Å². The molecule has 0 aliphatic rings. The van der Waals surface area contributed by atoms with Crippen LogP contribution in [-0.2, 0) is 16.1 Å². The Morgan fingerprint density at radius 3 is 2.32 bits per heavy atom. The highest BCUT2D eigenvalue weighted by Gasteiger charge is 2.10. The van der Waals surface area contributed by atoms with E-state index in [1.807, 2.05) is 31.2 Å². The standard InChI is InChI=1S/C19H21NO5/c1-13-4-7-16(10-17(13)19(22)23-3)24-11-14-5-8-15(9-6-14)25-12-18(21)20-2/h4-10H,11-12H2,1-3H3,(H,20,21). The summed E-state index contributed by atoms with van der Waals surface area (Å²) in [6.45, 7) is 2.17. The minimum atomic E-state index is -0.388. The molecule has 0 aliphatic heterocycles. The van der Waals surface area contributed by atoms with E-state index in [2.05, 4.69) is 5.32 Å². The summed E-state index contributed by atoms with van der Waals surface area (Å²) in [5.41, 5.74) is 2.25. The minimum Gasteiger partial charge on any atom is -0.489 e. The Bertz CT molecular complexity index is 740. The van der Waals surface area contributed by atoms with Crippen LogP contribution in [-0.4, -0.2) is 32.6 Å². The summed E-state index contributed by atoms with van der Waals surface area (Å²) in [4.78, 5) is 22.9. The maximum atomic E-state index is 11.7. The van der Waals surface area contributed by atoms with Gasteiger partial charge in [0.2, 0.25) is 0 Å². The molecule has 0 aromatic heterocycles. The number of methoxy groups -OCH3 is 1. The summed E-state index contributed by atoms with van der Waals surface area (Å²) in [7, 11) is 2.91. The smallest absolute Gasteiger partial charge is 0.338 e. The highest BCUT2D eigenvalue weighted by molar-refractivity contribution is 5.91. The van der Waals surface area contributed by atoms with E-state index in [0.717, 1.165) is 11.1 Å². The van der Waals surface area contributed by atoms with Crippen LogP contribution in [0.5, 0.6) is 11.5 Å². The van der Waals surface area contributed by atoms with Crippen LogP contribution in [0.3, 0.4) is 0 Å². The summed E-state index contributed by atoms with van der Waals surface area (Å²) in [5.74, 6) is 0.621. The Labute approximate surface area is 146 Å². The zero-order chi connectivity index (χ0) is 18.2. The number of aryl methyl sites for hydroxylation is 1. The van der Waals surface area contributed by atoms with Crippen molar-refractivity contribution in [1.29, 1.82) is 0 Å². The first kappa shape index (κ1) is 18.3. The molecule has 2 aromatic rings. The van der Waals surface area contributed by atoms with E-state index in [9.17, 15) is 9.59 Å². The molecular weight excluding hydrogens is 322 g/mol. The molecule has 25 heavy (non-hydrogen) atoms. The van der Waals surface area contributed by atoms with E-state index < -0.39 is 0 Å². The van der Waals surface area contributed by atoms with Gasteiger partial charge in [-0.15, -0.1) is 0 Å². The van der Waals surface area contributed by atoms with Gasteiger partial charge in [-0.2, -0.15) is 0 Å². The van der Waals surface area contributed by atoms with E-state index >= 15 is 0 Å². The Morgan fingerprint density at radius 1 is 1.00 bits per heavy atom. The van der Waals surface area contributed by atoms with E-state index in [0.29, 0.717) is 23.7 Å². The number of benzene rings is 2. The highest BCUT2D eigenvalue weighted by atomic mass is 16.5. The average Bonchev–Trinajstić information content (AvgIpc) is 2.65. The summed E-state index contributed by atoms with van der Waals surface area (Å²) in [6, 6.07) is 12.6. The van der Waals surface area contributed by atoms with E-state index in [4.69, 9.17) is 14.2 Å². The van der Waals surface area contributed by atoms with E-state index in [1.54, 1.807) is 25.2 Å². The summed E-state index contributed by atoms with van der Waals surface area (Å²) >= 11 is 0. The molecular formula is C19H21NO5. The molecule has 0 heterocycles. The zero-order valence-corrected chi connectivity index (χ0v) is 14.5. The van der Waals surface area contributed by atoms with Crippen molar-refractivity contribution in [3.63, 3.8) is 0 Å². The molecule has 0 saturated carbocycles. The SMILES string of the molecule is CNC(=O)COc1ccc(COc2ccc(C)c(C(=O)OC)c2)cc1. The van der Waals surface area contributed by atoms with E-state index in [-0.39, 0.29) is 18.5 Å². The first-order valence-electron chi connectivity index (χ1n) is 7.77. The lowest BCUT2D eigenvalue weighted by Gasteiger charge is -2.10. The maximum absolute atomic E-state index is 11.7. The number of likely N-dealkylation sites (N-methyl/N-ethyl adjacent to an activating group) is 1. The van der Waals surface area contributed by atoms with E-state index in [1.165, 1.54) is 7.11 Å². The average molecular weight is 343 g/mol. The second-order valence-corrected chi connectivity index (χ2v) is 5.36. The fraction of sp³-hybridized carbons (Fsp3) is 0.263. The molecule has 2 aromatic carbocycles. The molecule has 0 aliphatic carbocycles. The van der Waals surface area contributed by atoms with Crippen LogP contribution in [0.25, 0.3) is 0 Å². The molecule has 6 heteroatoms. The van der Waals surface area contributed by atoms with Crippen LogP contribution in [0, 0.1) is 6.92 Å². The molecule has 0 atom stereocenters. The fourth-order valence-corrected chi connectivity index (χ4v) is 2.09. The zero-order valence-electron chi connectivity index (χ0n) is 14.5. The molecule has 132 valence electrons. The Kier molecular flexibility index (Phi) is 6.39. The predicted molar refractivity (Wildman–Crippen MR) is 92.9 cm³/mol. The Hall–Kier alpha value is -3.02. The molecule has 0 fully saturated rings. The number of nitrogens with one attached hydrogen (secondary N) is 1. The molecule has 1 amide bonds. The number of hydrogen-bond acceptors (Lipinski definition) is 5. The molecule has 1 N–H and O–H groups in total.